The smallest absolute Gasteiger partial charge is 0.279 e. The molecule has 1 atom stereocenters. The Bertz CT molecular complexity index is 626. The van der Waals surface area contributed by atoms with Crippen LogP contribution in [0.3, 0.4) is 0 Å². The van der Waals surface area contributed by atoms with Crippen molar-refractivity contribution in [2.24, 2.45) is 0 Å². The maximum absolute atomic E-state index is 12.1. The van der Waals surface area contributed by atoms with Crippen molar-refractivity contribution in [3.05, 3.63) is 59.7 Å². The van der Waals surface area contributed by atoms with E-state index in [9.17, 15) is 4.79 Å². The Hall–Kier alpha value is -2.33. The number of benzene rings is 2. The molecule has 2 aromatic carbocycles. The minimum absolute atomic E-state index is 0.0355. The van der Waals surface area contributed by atoms with Crippen molar-refractivity contribution in [1.82, 2.24) is 0 Å². The predicted octanol–water partition coefficient (Wildman–Crippen LogP) is 2.27. The van der Waals surface area contributed by atoms with E-state index >= 15 is 0 Å². The van der Waals surface area contributed by atoms with Gasteiger partial charge in [0.05, 0.1) is 12.8 Å². The van der Waals surface area contributed by atoms with Gasteiger partial charge in [-0.3, -0.25) is 4.79 Å². The molecule has 0 bridgehead atoms. The third kappa shape index (κ3) is 4.33. The first kappa shape index (κ1) is 16.0. The number of rotatable bonds is 6. The van der Waals surface area contributed by atoms with Crippen LogP contribution in [-0.2, 0) is 4.79 Å². The Labute approximate surface area is 131 Å². The Morgan fingerprint density at radius 2 is 1.95 bits per heavy atom. The van der Waals surface area contributed by atoms with Gasteiger partial charge in [0.2, 0.25) is 0 Å². The summed E-state index contributed by atoms with van der Waals surface area (Å²) in [6.45, 7) is 4.45. The second kappa shape index (κ2) is 7.61. The summed E-state index contributed by atoms with van der Waals surface area (Å²) in [4.78, 5) is 12.1. The fraction of sp³-hybridized carbons (Fsp3) is 0.278. The number of carbonyl (C=O) groups excluding carboxylic acids is 1. The predicted molar refractivity (Wildman–Crippen MR) is 88.0 cm³/mol. The molecular weight excluding hydrogens is 276 g/mol. The molecule has 0 spiro atoms. The summed E-state index contributed by atoms with van der Waals surface area (Å²) in [5, 5.41) is 4.93. The second-order valence-electron chi connectivity index (χ2n) is 5.39. The SMILES string of the molecule is COc1ccc(C)cc1NC(=O)C[NH2+][C@@H](C)c1ccccc1. The van der Waals surface area contributed by atoms with Crippen LogP contribution in [0.15, 0.2) is 48.5 Å². The third-order valence-electron chi connectivity index (χ3n) is 3.61. The maximum atomic E-state index is 12.1. The monoisotopic (exact) mass is 299 g/mol. The van der Waals surface area contributed by atoms with Gasteiger partial charge in [-0.05, 0) is 31.5 Å². The number of nitrogens with two attached hydrogens (primary N) is 1. The maximum Gasteiger partial charge on any atom is 0.279 e. The van der Waals surface area contributed by atoms with Crippen LogP contribution in [0.1, 0.15) is 24.1 Å². The van der Waals surface area contributed by atoms with Crippen LogP contribution in [-0.4, -0.2) is 19.6 Å². The van der Waals surface area contributed by atoms with Gasteiger partial charge in [-0.2, -0.15) is 0 Å². The van der Waals surface area contributed by atoms with Crippen LogP contribution in [0.2, 0.25) is 0 Å². The Balaban J connectivity index is 1.92. The molecule has 0 saturated carbocycles. The number of anilines is 1. The van der Waals surface area contributed by atoms with E-state index in [0.29, 0.717) is 18.0 Å². The van der Waals surface area contributed by atoms with Gasteiger partial charge in [0, 0.05) is 5.56 Å². The Morgan fingerprint density at radius 1 is 1.23 bits per heavy atom. The lowest BCUT2D eigenvalue weighted by molar-refractivity contribution is -0.682. The van der Waals surface area contributed by atoms with E-state index in [1.807, 2.05) is 48.6 Å². The number of methoxy groups -OCH3 is 1. The molecule has 0 aliphatic heterocycles. The number of ether oxygens (including phenoxy) is 1. The van der Waals surface area contributed by atoms with Crippen LogP contribution >= 0.6 is 0 Å². The van der Waals surface area contributed by atoms with Gasteiger partial charge < -0.3 is 15.4 Å². The summed E-state index contributed by atoms with van der Waals surface area (Å²) in [5.41, 5.74) is 3.01. The first-order valence-electron chi connectivity index (χ1n) is 7.43. The highest BCUT2D eigenvalue weighted by Gasteiger charge is 2.13. The van der Waals surface area contributed by atoms with Gasteiger partial charge in [0.1, 0.15) is 11.8 Å². The van der Waals surface area contributed by atoms with E-state index in [1.165, 1.54) is 5.56 Å². The number of carbonyl (C=O) groups is 1. The fourth-order valence-electron chi connectivity index (χ4n) is 2.30. The Morgan fingerprint density at radius 3 is 2.64 bits per heavy atom. The molecule has 116 valence electrons. The number of aryl methyl sites for hydroxylation is 1. The van der Waals surface area contributed by atoms with E-state index in [2.05, 4.69) is 24.4 Å². The number of quaternary nitrogens is 1. The lowest BCUT2D eigenvalue weighted by Crippen LogP contribution is -2.86. The van der Waals surface area contributed by atoms with Crippen LogP contribution in [0.5, 0.6) is 5.75 Å². The van der Waals surface area contributed by atoms with Crippen molar-refractivity contribution < 1.29 is 14.8 Å². The van der Waals surface area contributed by atoms with Crippen molar-refractivity contribution in [2.75, 3.05) is 19.0 Å². The molecule has 0 radical (unpaired) electrons. The molecule has 0 fully saturated rings. The molecule has 4 heteroatoms. The van der Waals surface area contributed by atoms with Crippen LogP contribution < -0.4 is 15.4 Å². The minimum Gasteiger partial charge on any atom is -0.495 e. The second-order valence-corrected chi connectivity index (χ2v) is 5.39. The number of hydrogen-bond acceptors (Lipinski definition) is 2. The van der Waals surface area contributed by atoms with Gasteiger partial charge in [-0.15, -0.1) is 0 Å². The molecule has 0 unspecified atom stereocenters. The summed E-state index contributed by atoms with van der Waals surface area (Å²) < 4.78 is 5.27. The normalized spacial score (nSPS) is 11.8. The van der Waals surface area contributed by atoms with Gasteiger partial charge in [0.15, 0.2) is 6.54 Å². The highest BCUT2D eigenvalue weighted by molar-refractivity contribution is 5.93. The molecule has 0 heterocycles. The Kier molecular flexibility index (Phi) is 5.55. The quantitative estimate of drug-likeness (QED) is 0.859. The minimum atomic E-state index is -0.0355. The molecule has 3 N–H and O–H groups in total. The number of hydrogen-bond donors (Lipinski definition) is 2. The van der Waals surface area contributed by atoms with Crippen molar-refractivity contribution in [1.29, 1.82) is 0 Å². The zero-order valence-electron chi connectivity index (χ0n) is 13.3. The molecular formula is C18H23N2O2+. The number of nitrogens with one attached hydrogen (secondary N) is 1. The molecule has 22 heavy (non-hydrogen) atoms. The van der Waals surface area contributed by atoms with E-state index in [1.54, 1.807) is 7.11 Å². The van der Waals surface area contributed by atoms with Crippen molar-refractivity contribution in [2.45, 2.75) is 19.9 Å². The summed E-state index contributed by atoms with van der Waals surface area (Å²) in [5.74, 6) is 0.640. The van der Waals surface area contributed by atoms with E-state index in [0.717, 1.165) is 5.56 Å². The average molecular weight is 299 g/mol. The molecule has 2 aromatic rings. The largest absolute Gasteiger partial charge is 0.495 e. The fourth-order valence-corrected chi connectivity index (χ4v) is 2.30. The summed E-state index contributed by atoms with van der Waals surface area (Å²) in [6.07, 6.45) is 0. The summed E-state index contributed by atoms with van der Waals surface area (Å²) in [7, 11) is 1.60. The van der Waals surface area contributed by atoms with Gasteiger partial charge >= 0.3 is 0 Å². The molecule has 4 nitrogen and oxygen atoms in total. The zero-order valence-corrected chi connectivity index (χ0v) is 13.3. The topological polar surface area (TPSA) is 54.9 Å². The van der Waals surface area contributed by atoms with Crippen molar-refractivity contribution in [3.8, 4) is 5.75 Å². The highest BCUT2D eigenvalue weighted by Crippen LogP contribution is 2.24. The summed E-state index contributed by atoms with van der Waals surface area (Å²) >= 11 is 0. The van der Waals surface area contributed by atoms with Gasteiger partial charge in [0.25, 0.3) is 5.91 Å². The lowest BCUT2D eigenvalue weighted by Gasteiger charge is -2.13. The first-order chi connectivity index (χ1) is 10.6. The van der Waals surface area contributed by atoms with E-state index in [4.69, 9.17) is 4.74 Å². The summed E-state index contributed by atoms with van der Waals surface area (Å²) in [6, 6.07) is 16.1. The third-order valence-corrected chi connectivity index (χ3v) is 3.61. The van der Waals surface area contributed by atoms with Gasteiger partial charge in [-0.25, -0.2) is 0 Å². The van der Waals surface area contributed by atoms with Gasteiger partial charge in [-0.1, -0.05) is 36.4 Å². The van der Waals surface area contributed by atoms with Crippen molar-refractivity contribution in [3.63, 3.8) is 0 Å². The number of amides is 1. The average Bonchev–Trinajstić information content (AvgIpc) is 2.53. The molecule has 2 rings (SSSR count). The lowest BCUT2D eigenvalue weighted by atomic mass is 10.1. The van der Waals surface area contributed by atoms with E-state index in [-0.39, 0.29) is 11.9 Å². The van der Waals surface area contributed by atoms with Crippen molar-refractivity contribution >= 4 is 11.6 Å². The van der Waals surface area contributed by atoms with E-state index < -0.39 is 0 Å². The first-order valence-corrected chi connectivity index (χ1v) is 7.43. The molecule has 0 aliphatic rings. The zero-order chi connectivity index (χ0) is 15.9. The van der Waals surface area contributed by atoms with Crippen LogP contribution in [0, 0.1) is 6.92 Å². The standard InChI is InChI=1S/C18H22N2O2/c1-13-9-10-17(22-3)16(11-13)20-18(21)12-19-14(2)15-7-5-4-6-8-15/h4-11,14,19H,12H2,1-3H3,(H,20,21)/p+1/t14-/m0/s1. The van der Waals surface area contributed by atoms with Crippen LogP contribution in [0.25, 0.3) is 0 Å². The molecule has 0 saturated heterocycles. The van der Waals surface area contributed by atoms with Crippen LogP contribution in [0.4, 0.5) is 5.69 Å². The molecule has 0 aliphatic carbocycles. The molecule has 0 aromatic heterocycles. The molecule has 1 amide bonds. The highest BCUT2D eigenvalue weighted by atomic mass is 16.5.